The number of carbonyl (C=O) groups excluding carboxylic acids is 1. The smallest absolute Gasteiger partial charge is 0.169 e. The molecule has 3 aliphatic carbocycles. The van der Waals surface area contributed by atoms with Gasteiger partial charge in [0, 0.05) is 11.0 Å². The molecule has 1 fully saturated rings. The normalized spacial score (nSPS) is 30.5. The molecule has 0 amide bonds. The Kier molecular flexibility index (Phi) is 3.04. The van der Waals surface area contributed by atoms with E-state index in [1.54, 1.807) is 0 Å². The molecule has 0 heterocycles. The van der Waals surface area contributed by atoms with Crippen LogP contribution in [0.2, 0.25) is 0 Å². The summed E-state index contributed by atoms with van der Waals surface area (Å²) in [6.45, 7) is 2.22. The molecule has 5 rings (SSSR count). The molecule has 3 atom stereocenters. The molecule has 2 aromatic carbocycles. The summed E-state index contributed by atoms with van der Waals surface area (Å²) >= 11 is 0. The lowest BCUT2D eigenvalue weighted by Crippen LogP contribution is -2.39. The number of fused-ring (bicyclic) bond motifs is 5. The van der Waals surface area contributed by atoms with Crippen LogP contribution in [0, 0.1) is 17.3 Å². The maximum absolute atomic E-state index is 13.5. The van der Waals surface area contributed by atoms with E-state index in [1.165, 1.54) is 28.3 Å². The fourth-order valence-corrected chi connectivity index (χ4v) is 5.50. The lowest BCUT2D eigenvalue weighted by Gasteiger charge is -2.38. The molecule has 1 nitrogen and oxygen atoms in total. The standard InChI is InChI=1S/C23H24O/c1-2-3-15-4-6-17-12-18-8-9-23(14-16-5-7-20(23)11-16)22(24)21(18)13-19(17)10-15/h4-7,10,12-13,16,20H,2-3,8-9,11,14H2,1H3. The van der Waals surface area contributed by atoms with Gasteiger partial charge in [-0.15, -0.1) is 0 Å². The third kappa shape index (κ3) is 1.90. The second-order valence-electron chi connectivity index (χ2n) is 8.12. The monoisotopic (exact) mass is 316 g/mol. The molecule has 24 heavy (non-hydrogen) atoms. The molecule has 0 N–H and O–H groups in total. The largest absolute Gasteiger partial charge is 0.294 e. The van der Waals surface area contributed by atoms with Crippen molar-refractivity contribution < 1.29 is 4.79 Å². The van der Waals surface area contributed by atoms with Crippen molar-refractivity contribution in [1.29, 1.82) is 0 Å². The van der Waals surface area contributed by atoms with Gasteiger partial charge in [-0.05, 0) is 71.9 Å². The Morgan fingerprint density at radius 1 is 1.12 bits per heavy atom. The fourth-order valence-electron chi connectivity index (χ4n) is 5.50. The number of benzene rings is 2. The van der Waals surface area contributed by atoms with Gasteiger partial charge >= 0.3 is 0 Å². The van der Waals surface area contributed by atoms with Crippen LogP contribution in [-0.2, 0) is 12.8 Å². The minimum Gasteiger partial charge on any atom is -0.294 e. The molecule has 1 heteroatoms. The van der Waals surface area contributed by atoms with Crippen LogP contribution in [0.15, 0.2) is 42.5 Å². The van der Waals surface area contributed by atoms with Crippen LogP contribution in [0.25, 0.3) is 10.8 Å². The van der Waals surface area contributed by atoms with E-state index in [2.05, 4.69) is 49.4 Å². The Morgan fingerprint density at radius 3 is 2.79 bits per heavy atom. The first-order chi connectivity index (χ1) is 11.7. The van der Waals surface area contributed by atoms with Crippen LogP contribution in [-0.4, -0.2) is 5.78 Å². The van der Waals surface area contributed by atoms with E-state index in [4.69, 9.17) is 0 Å². The van der Waals surface area contributed by atoms with Gasteiger partial charge in [-0.25, -0.2) is 0 Å². The summed E-state index contributed by atoms with van der Waals surface area (Å²) in [7, 11) is 0. The van der Waals surface area contributed by atoms with Crippen molar-refractivity contribution in [3.8, 4) is 0 Å². The average molecular weight is 316 g/mol. The zero-order valence-corrected chi connectivity index (χ0v) is 14.3. The zero-order chi connectivity index (χ0) is 16.3. The first kappa shape index (κ1) is 14.5. The Labute approximate surface area is 143 Å². The summed E-state index contributed by atoms with van der Waals surface area (Å²) in [4.78, 5) is 13.5. The van der Waals surface area contributed by atoms with E-state index >= 15 is 0 Å². The van der Waals surface area contributed by atoms with E-state index in [0.717, 1.165) is 37.7 Å². The van der Waals surface area contributed by atoms with Crippen LogP contribution in [0.4, 0.5) is 0 Å². The second-order valence-corrected chi connectivity index (χ2v) is 8.12. The van der Waals surface area contributed by atoms with Gasteiger partial charge in [0.05, 0.1) is 0 Å². The van der Waals surface area contributed by atoms with Crippen molar-refractivity contribution >= 4 is 16.6 Å². The number of hydrogen-bond acceptors (Lipinski definition) is 1. The van der Waals surface area contributed by atoms with Crippen molar-refractivity contribution in [1.82, 2.24) is 0 Å². The number of carbonyl (C=O) groups is 1. The maximum atomic E-state index is 13.5. The molecule has 1 spiro atoms. The predicted octanol–water partition coefficient (Wildman–Crippen LogP) is 5.50. The zero-order valence-electron chi connectivity index (χ0n) is 14.3. The van der Waals surface area contributed by atoms with E-state index in [0.29, 0.717) is 17.6 Å². The molecule has 0 saturated heterocycles. The number of hydrogen-bond donors (Lipinski definition) is 0. The molecular weight excluding hydrogens is 292 g/mol. The van der Waals surface area contributed by atoms with Gasteiger partial charge in [0.1, 0.15) is 0 Å². The summed E-state index contributed by atoms with van der Waals surface area (Å²) in [5.74, 6) is 1.57. The Hall–Kier alpha value is -1.89. The summed E-state index contributed by atoms with van der Waals surface area (Å²) < 4.78 is 0. The summed E-state index contributed by atoms with van der Waals surface area (Å²) in [6.07, 6.45) is 11.3. The minimum atomic E-state index is -0.0822. The third-order valence-electron chi connectivity index (χ3n) is 6.71. The van der Waals surface area contributed by atoms with Crippen LogP contribution >= 0.6 is 0 Å². The van der Waals surface area contributed by atoms with Crippen molar-refractivity contribution in [3.63, 3.8) is 0 Å². The number of allylic oxidation sites excluding steroid dienone is 2. The highest BCUT2D eigenvalue weighted by atomic mass is 16.1. The van der Waals surface area contributed by atoms with Gasteiger partial charge in [-0.3, -0.25) is 4.79 Å². The Balaban J connectivity index is 1.61. The molecule has 1 saturated carbocycles. The Morgan fingerprint density at radius 2 is 2.04 bits per heavy atom. The average Bonchev–Trinajstić information content (AvgIpc) is 3.19. The number of Topliss-reactive ketones (excluding diaryl/α,β-unsaturated/α-hetero) is 1. The lowest BCUT2D eigenvalue weighted by molar-refractivity contribution is 0.0703. The van der Waals surface area contributed by atoms with E-state index in [9.17, 15) is 4.79 Å². The van der Waals surface area contributed by atoms with Gasteiger partial charge in [0.15, 0.2) is 5.78 Å². The second kappa shape index (κ2) is 5.05. The SMILES string of the molecule is CCCc1ccc2cc3c(cc2c1)C(=O)C1(CC3)CC2C=CC1C2. The lowest BCUT2D eigenvalue weighted by atomic mass is 9.63. The van der Waals surface area contributed by atoms with Gasteiger partial charge in [-0.2, -0.15) is 0 Å². The highest BCUT2D eigenvalue weighted by Gasteiger charge is 2.54. The highest BCUT2D eigenvalue weighted by Crippen LogP contribution is 2.57. The van der Waals surface area contributed by atoms with Crippen LogP contribution in [0.5, 0.6) is 0 Å². The molecule has 0 aromatic heterocycles. The van der Waals surface area contributed by atoms with Crippen molar-refractivity contribution in [2.45, 2.75) is 45.4 Å². The molecule has 2 bridgehead atoms. The van der Waals surface area contributed by atoms with Crippen molar-refractivity contribution in [2.24, 2.45) is 17.3 Å². The third-order valence-corrected chi connectivity index (χ3v) is 6.71. The molecule has 0 aliphatic heterocycles. The fraction of sp³-hybridized carbons (Fsp3) is 0.435. The first-order valence-electron chi connectivity index (χ1n) is 9.48. The van der Waals surface area contributed by atoms with E-state index in [1.807, 2.05) is 0 Å². The molecule has 3 aliphatic rings. The molecule has 3 unspecified atom stereocenters. The van der Waals surface area contributed by atoms with E-state index < -0.39 is 0 Å². The van der Waals surface area contributed by atoms with Crippen LogP contribution in [0.1, 0.15) is 54.1 Å². The Bertz CT molecular complexity index is 875. The molecule has 2 aromatic rings. The van der Waals surface area contributed by atoms with Gasteiger partial charge in [0.2, 0.25) is 0 Å². The predicted molar refractivity (Wildman–Crippen MR) is 98.4 cm³/mol. The van der Waals surface area contributed by atoms with E-state index in [-0.39, 0.29) is 5.41 Å². The van der Waals surface area contributed by atoms with Gasteiger partial charge in [-0.1, -0.05) is 49.8 Å². The topological polar surface area (TPSA) is 17.1 Å². The van der Waals surface area contributed by atoms with Gasteiger partial charge in [0.25, 0.3) is 0 Å². The highest BCUT2D eigenvalue weighted by molar-refractivity contribution is 6.06. The van der Waals surface area contributed by atoms with Crippen molar-refractivity contribution in [2.75, 3.05) is 0 Å². The quantitative estimate of drug-likeness (QED) is 0.668. The summed E-state index contributed by atoms with van der Waals surface area (Å²) in [5, 5.41) is 2.52. The molecular formula is C23H24O. The summed E-state index contributed by atoms with van der Waals surface area (Å²) in [5.41, 5.74) is 3.59. The minimum absolute atomic E-state index is 0.0822. The summed E-state index contributed by atoms with van der Waals surface area (Å²) in [6, 6.07) is 11.2. The number of rotatable bonds is 2. The first-order valence-corrected chi connectivity index (χ1v) is 9.48. The number of ketones is 1. The van der Waals surface area contributed by atoms with Crippen molar-refractivity contribution in [3.05, 3.63) is 59.2 Å². The van der Waals surface area contributed by atoms with Gasteiger partial charge < -0.3 is 0 Å². The molecule has 0 radical (unpaired) electrons. The van der Waals surface area contributed by atoms with Crippen LogP contribution in [0.3, 0.4) is 0 Å². The van der Waals surface area contributed by atoms with Crippen LogP contribution < -0.4 is 0 Å². The maximum Gasteiger partial charge on any atom is 0.169 e. The number of aryl methyl sites for hydroxylation is 2. The molecule has 122 valence electrons.